The average Bonchev–Trinajstić information content (AvgIpc) is 2.34. The Bertz CT molecular complexity index is 445. The highest BCUT2D eigenvalue weighted by Gasteiger charge is 2.38. The van der Waals surface area contributed by atoms with E-state index in [1.54, 1.807) is 0 Å². The van der Waals surface area contributed by atoms with Gasteiger partial charge in [0.15, 0.2) is 5.82 Å². The Balaban J connectivity index is 2.92. The quantitative estimate of drug-likeness (QED) is 0.809. The molecule has 0 radical (unpaired) electrons. The van der Waals surface area contributed by atoms with E-state index in [1.807, 2.05) is 13.8 Å². The van der Waals surface area contributed by atoms with Crippen molar-refractivity contribution in [2.75, 3.05) is 5.32 Å². The molecule has 0 spiro atoms. The molecule has 0 aliphatic heterocycles. The normalized spacial score (nSPS) is 11.1. The highest BCUT2D eigenvalue weighted by atomic mass is 79.9. The first-order chi connectivity index (χ1) is 8.46. The first-order valence-corrected chi connectivity index (χ1v) is 6.75. The second-order valence-electron chi connectivity index (χ2n) is 3.83. The van der Waals surface area contributed by atoms with Crippen LogP contribution in [-0.2, 0) is 4.79 Å². The van der Waals surface area contributed by atoms with Gasteiger partial charge in [0, 0.05) is 0 Å². The van der Waals surface area contributed by atoms with Crippen LogP contribution in [0, 0.1) is 5.41 Å². The Kier molecular flexibility index (Phi) is 5.15. The number of thiocarbonyl (C=S) groups is 1. The van der Waals surface area contributed by atoms with Crippen LogP contribution in [-0.4, -0.2) is 20.9 Å². The van der Waals surface area contributed by atoms with Gasteiger partial charge in [-0.1, -0.05) is 26.1 Å². The summed E-state index contributed by atoms with van der Waals surface area (Å²) in [6, 6.07) is 0. The molecule has 1 aromatic rings. The van der Waals surface area contributed by atoms with Gasteiger partial charge in [-0.05, 0) is 28.8 Å². The maximum Gasteiger partial charge on any atom is 0.238 e. The molecule has 0 saturated carbocycles. The molecular formula is C11H15BrN4OS. The van der Waals surface area contributed by atoms with Crippen molar-refractivity contribution in [2.24, 2.45) is 11.1 Å². The summed E-state index contributed by atoms with van der Waals surface area (Å²) in [4.78, 5) is 20.5. The molecule has 1 heterocycles. The van der Waals surface area contributed by atoms with Crippen molar-refractivity contribution in [1.82, 2.24) is 9.97 Å². The molecule has 5 nitrogen and oxygen atoms in total. The number of halogens is 1. The Morgan fingerprint density at radius 1 is 1.44 bits per heavy atom. The number of amides is 1. The lowest BCUT2D eigenvalue weighted by molar-refractivity contribution is -0.122. The standard InChI is InChI=1S/C11H15BrN4OS/c1-3-11(4-2,9(13)18)10(17)16-8-6-14-7(12)5-15-8/h5-6H,3-4H2,1-2H3,(H2,13,18)(H,15,16,17). The maximum atomic E-state index is 12.3. The maximum absolute atomic E-state index is 12.3. The second-order valence-corrected chi connectivity index (χ2v) is 5.08. The van der Waals surface area contributed by atoms with E-state index in [9.17, 15) is 4.79 Å². The number of anilines is 1. The molecule has 1 aromatic heterocycles. The van der Waals surface area contributed by atoms with Crippen LogP contribution in [0.5, 0.6) is 0 Å². The Hall–Kier alpha value is -1.08. The van der Waals surface area contributed by atoms with E-state index < -0.39 is 5.41 Å². The summed E-state index contributed by atoms with van der Waals surface area (Å²) >= 11 is 8.19. The summed E-state index contributed by atoms with van der Waals surface area (Å²) in [5.74, 6) is 0.141. The van der Waals surface area contributed by atoms with Crippen molar-refractivity contribution in [3.8, 4) is 0 Å². The summed E-state index contributed by atoms with van der Waals surface area (Å²) in [5.41, 5.74) is 4.87. The summed E-state index contributed by atoms with van der Waals surface area (Å²) in [6.07, 6.45) is 4.08. The minimum absolute atomic E-state index is 0.204. The van der Waals surface area contributed by atoms with Crippen LogP contribution >= 0.6 is 28.1 Å². The van der Waals surface area contributed by atoms with Crippen LogP contribution in [0.3, 0.4) is 0 Å². The molecular weight excluding hydrogens is 316 g/mol. The Morgan fingerprint density at radius 3 is 2.44 bits per heavy atom. The molecule has 0 fully saturated rings. The molecule has 1 rings (SSSR count). The average molecular weight is 331 g/mol. The van der Waals surface area contributed by atoms with E-state index in [0.717, 1.165) is 0 Å². The fraction of sp³-hybridized carbons (Fsp3) is 0.455. The second kappa shape index (κ2) is 6.19. The van der Waals surface area contributed by atoms with Crippen LogP contribution in [0.1, 0.15) is 26.7 Å². The third-order valence-corrected chi connectivity index (χ3v) is 3.78. The minimum atomic E-state index is -0.829. The molecule has 1 amide bonds. The van der Waals surface area contributed by atoms with Gasteiger partial charge in [-0.15, -0.1) is 0 Å². The molecule has 0 atom stereocenters. The van der Waals surface area contributed by atoms with Crippen molar-refractivity contribution in [3.05, 3.63) is 17.0 Å². The van der Waals surface area contributed by atoms with Crippen LogP contribution < -0.4 is 11.1 Å². The number of nitrogens with one attached hydrogen (secondary N) is 1. The molecule has 98 valence electrons. The number of nitrogens with zero attached hydrogens (tertiary/aromatic N) is 2. The largest absolute Gasteiger partial charge is 0.392 e. The van der Waals surface area contributed by atoms with E-state index in [1.165, 1.54) is 12.4 Å². The third-order valence-electron chi connectivity index (χ3n) is 2.98. The molecule has 18 heavy (non-hydrogen) atoms. The van der Waals surface area contributed by atoms with Crippen LogP contribution in [0.15, 0.2) is 17.0 Å². The fourth-order valence-electron chi connectivity index (χ4n) is 1.64. The zero-order chi connectivity index (χ0) is 13.8. The number of rotatable bonds is 5. The fourth-order valence-corrected chi connectivity index (χ4v) is 2.23. The molecule has 0 unspecified atom stereocenters. The number of carbonyl (C=O) groups is 1. The highest BCUT2D eigenvalue weighted by Crippen LogP contribution is 2.28. The van der Waals surface area contributed by atoms with Crippen LogP contribution in [0.2, 0.25) is 0 Å². The van der Waals surface area contributed by atoms with Crippen molar-refractivity contribution in [3.63, 3.8) is 0 Å². The van der Waals surface area contributed by atoms with Gasteiger partial charge >= 0.3 is 0 Å². The number of aromatic nitrogens is 2. The Labute approximate surface area is 120 Å². The molecule has 0 aliphatic carbocycles. The van der Waals surface area contributed by atoms with Gasteiger partial charge < -0.3 is 11.1 Å². The molecule has 7 heteroatoms. The minimum Gasteiger partial charge on any atom is -0.392 e. The van der Waals surface area contributed by atoms with Crippen molar-refractivity contribution in [1.29, 1.82) is 0 Å². The summed E-state index contributed by atoms with van der Waals surface area (Å²) in [5, 5.41) is 2.69. The topological polar surface area (TPSA) is 80.9 Å². The van der Waals surface area contributed by atoms with Gasteiger partial charge in [0.25, 0.3) is 0 Å². The Morgan fingerprint density at radius 2 is 2.06 bits per heavy atom. The van der Waals surface area contributed by atoms with Gasteiger partial charge in [-0.3, -0.25) is 4.79 Å². The first kappa shape index (κ1) is 15.0. The van der Waals surface area contributed by atoms with E-state index >= 15 is 0 Å². The molecule has 0 bridgehead atoms. The monoisotopic (exact) mass is 330 g/mol. The zero-order valence-corrected chi connectivity index (χ0v) is 12.6. The van der Waals surface area contributed by atoms with E-state index in [4.69, 9.17) is 18.0 Å². The highest BCUT2D eigenvalue weighted by molar-refractivity contribution is 9.10. The number of carbonyl (C=O) groups excluding carboxylic acids is 1. The van der Waals surface area contributed by atoms with Gasteiger partial charge in [0.05, 0.1) is 22.8 Å². The smallest absolute Gasteiger partial charge is 0.238 e. The summed E-state index contributed by atoms with van der Waals surface area (Å²) < 4.78 is 0.604. The lowest BCUT2D eigenvalue weighted by Gasteiger charge is -2.28. The van der Waals surface area contributed by atoms with Gasteiger partial charge in [-0.2, -0.15) is 0 Å². The third kappa shape index (κ3) is 3.02. The predicted octanol–water partition coefficient (Wildman–Crippen LogP) is 2.27. The first-order valence-electron chi connectivity index (χ1n) is 5.55. The van der Waals surface area contributed by atoms with Crippen LogP contribution in [0.4, 0.5) is 5.82 Å². The van der Waals surface area contributed by atoms with E-state index in [0.29, 0.717) is 23.3 Å². The van der Waals surface area contributed by atoms with Crippen LogP contribution in [0.25, 0.3) is 0 Å². The van der Waals surface area contributed by atoms with E-state index in [2.05, 4.69) is 31.2 Å². The van der Waals surface area contributed by atoms with Crippen molar-refractivity contribution < 1.29 is 4.79 Å². The summed E-state index contributed by atoms with van der Waals surface area (Å²) in [7, 11) is 0. The van der Waals surface area contributed by atoms with Gasteiger partial charge in [-0.25, -0.2) is 9.97 Å². The number of nitrogens with two attached hydrogens (primary N) is 1. The predicted molar refractivity (Wildman–Crippen MR) is 78.2 cm³/mol. The zero-order valence-electron chi connectivity index (χ0n) is 10.2. The van der Waals surface area contributed by atoms with Crippen molar-refractivity contribution in [2.45, 2.75) is 26.7 Å². The summed E-state index contributed by atoms with van der Waals surface area (Å²) in [6.45, 7) is 3.77. The SMILES string of the molecule is CCC(CC)(C(=O)Nc1cnc(Br)cn1)C(N)=S. The molecule has 0 aliphatic rings. The lowest BCUT2D eigenvalue weighted by atomic mass is 9.81. The number of hydrogen-bond donors (Lipinski definition) is 2. The van der Waals surface area contributed by atoms with Gasteiger partial charge in [0.2, 0.25) is 5.91 Å². The molecule has 0 saturated heterocycles. The van der Waals surface area contributed by atoms with Gasteiger partial charge in [0.1, 0.15) is 4.60 Å². The molecule has 3 N–H and O–H groups in total. The lowest BCUT2D eigenvalue weighted by Crippen LogP contribution is -2.45. The van der Waals surface area contributed by atoms with E-state index in [-0.39, 0.29) is 10.9 Å². The van der Waals surface area contributed by atoms with Crippen molar-refractivity contribution >= 4 is 44.9 Å². The number of hydrogen-bond acceptors (Lipinski definition) is 4. The molecule has 0 aromatic carbocycles.